The summed E-state index contributed by atoms with van der Waals surface area (Å²) >= 11 is 0. The van der Waals surface area contributed by atoms with Crippen molar-refractivity contribution in [1.29, 1.82) is 0 Å². The molecule has 8 nitrogen and oxygen atoms in total. The van der Waals surface area contributed by atoms with Gasteiger partial charge in [0.25, 0.3) is 0 Å². The van der Waals surface area contributed by atoms with Gasteiger partial charge in [0.2, 0.25) is 10.0 Å². The van der Waals surface area contributed by atoms with Crippen LogP contribution in [0.3, 0.4) is 0 Å². The highest BCUT2D eigenvalue weighted by Crippen LogP contribution is 2.33. The molecule has 0 N–H and O–H groups in total. The Kier molecular flexibility index (Phi) is 8.81. The number of ether oxygens (including phenoxy) is 3. The van der Waals surface area contributed by atoms with E-state index in [1.807, 2.05) is 0 Å². The second kappa shape index (κ2) is 10.8. The normalized spacial score (nSPS) is 16.5. The number of alkyl halides is 6. The Labute approximate surface area is 186 Å². The van der Waals surface area contributed by atoms with Crippen molar-refractivity contribution < 1.29 is 53.8 Å². The van der Waals surface area contributed by atoms with Crippen molar-refractivity contribution in [3.8, 4) is 11.5 Å². The van der Waals surface area contributed by atoms with Gasteiger partial charge in [-0.3, -0.25) is 9.69 Å². The first-order valence-corrected chi connectivity index (χ1v) is 11.1. The second-order valence-electron chi connectivity index (χ2n) is 6.90. The van der Waals surface area contributed by atoms with Crippen LogP contribution in [0.25, 0.3) is 0 Å². The lowest BCUT2D eigenvalue weighted by molar-refractivity contribution is -0.154. The van der Waals surface area contributed by atoms with Crippen LogP contribution in [-0.2, 0) is 19.6 Å². The molecule has 0 saturated carbocycles. The lowest BCUT2D eigenvalue weighted by Crippen LogP contribution is -2.50. The molecule has 0 radical (unpaired) electrons. The summed E-state index contributed by atoms with van der Waals surface area (Å²) in [4.78, 5) is 12.5. The van der Waals surface area contributed by atoms with E-state index in [-0.39, 0.29) is 39.3 Å². The average Bonchev–Trinajstić information content (AvgIpc) is 2.70. The van der Waals surface area contributed by atoms with Crippen LogP contribution < -0.4 is 9.47 Å². The summed E-state index contributed by atoms with van der Waals surface area (Å²) in [5, 5.41) is 0. The van der Waals surface area contributed by atoms with Crippen molar-refractivity contribution in [2.75, 3.05) is 52.5 Å². The highest BCUT2D eigenvalue weighted by Gasteiger charge is 2.35. The van der Waals surface area contributed by atoms with Crippen LogP contribution in [-0.4, -0.2) is 88.5 Å². The van der Waals surface area contributed by atoms with E-state index in [9.17, 15) is 39.6 Å². The molecule has 0 amide bonds. The molecule has 1 aliphatic rings. The third kappa shape index (κ3) is 8.55. The molecule has 1 heterocycles. The molecule has 0 atom stereocenters. The molecular formula is C18H22F6N2O6S. The third-order valence-electron chi connectivity index (χ3n) is 4.32. The van der Waals surface area contributed by atoms with E-state index >= 15 is 0 Å². The summed E-state index contributed by atoms with van der Waals surface area (Å²) in [6.45, 7) is -1.76. The first-order chi connectivity index (χ1) is 15.2. The maximum Gasteiger partial charge on any atom is 0.422 e. The number of hydrogen-bond donors (Lipinski definition) is 0. The summed E-state index contributed by atoms with van der Waals surface area (Å²) in [7, 11) is -4.46. The summed E-state index contributed by atoms with van der Waals surface area (Å²) in [6, 6.07) is 2.38. The molecule has 1 aliphatic heterocycles. The SMILES string of the molecule is CCOC(=O)CN1CCN(S(=O)(=O)c2cc(OCC(F)(F)F)ccc2OCC(F)(F)F)CC1. The summed E-state index contributed by atoms with van der Waals surface area (Å²) in [6.07, 6.45) is -9.48. The van der Waals surface area contributed by atoms with Gasteiger partial charge in [-0.2, -0.15) is 30.6 Å². The van der Waals surface area contributed by atoms with Gasteiger partial charge in [-0.1, -0.05) is 0 Å². The predicted molar refractivity (Wildman–Crippen MR) is 101 cm³/mol. The summed E-state index contributed by atoms with van der Waals surface area (Å²) in [5.74, 6) is -1.68. The van der Waals surface area contributed by atoms with E-state index < -0.39 is 58.0 Å². The number of sulfonamides is 1. The van der Waals surface area contributed by atoms with Crippen molar-refractivity contribution in [3.05, 3.63) is 18.2 Å². The Hall–Kier alpha value is -2.26. The first kappa shape index (κ1) is 27.0. The molecule has 0 bridgehead atoms. The van der Waals surface area contributed by atoms with Gasteiger partial charge in [0.15, 0.2) is 13.2 Å². The Morgan fingerprint density at radius 1 is 0.970 bits per heavy atom. The van der Waals surface area contributed by atoms with Gasteiger partial charge in [-0.05, 0) is 19.1 Å². The number of nitrogens with zero attached hydrogens (tertiary/aromatic N) is 2. The van der Waals surface area contributed by atoms with Crippen molar-refractivity contribution in [1.82, 2.24) is 9.21 Å². The summed E-state index contributed by atoms with van der Waals surface area (Å²) in [5.41, 5.74) is 0. The molecule has 1 aromatic carbocycles. The molecule has 15 heteroatoms. The van der Waals surface area contributed by atoms with Gasteiger partial charge >= 0.3 is 18.3 Å². The van der Waals surface area contributed by atoms with Crippen LogP contribution in [0.15, 0.2) is 23.1 Å². The Morgan fingerprint density at radius 2 is 1.55 bits per heavy atom. The lowest BCUT2D eigenvalue weighted by Gasteiger charge is -2.33. The maximum absolute atomic E-state index is 13.1. The van der Waals surface area contributed by atoms with E-state index in [1.54, 1.807) is 11.8 Å². The minimum atomic E-state index is -4.77. The molecule has 188 valence electrons. The maximum atomic E-state index is 13.1. The van der Waals surface area contributed by atoms with Crippen molar-refractivity contribution in [2.45, 2.75) is 24.2 Å². The number of carbonyl (C=O) groups excluding carboxylic acids is 1. The highest BCUT2D eigenvalue weighted by molar-refractivity contribution is 7.89. The monoisotopic (exact) mass is 508 g/mol. The van der Waals surface area contributed by atoms with Gasteiger partial charge in [-0.15, -0.1) is 0 Å². The first-order valence-electron chi connectivity index (χ1n) is 9.62. The van der Waals surface area contributed by atoms with E-state index in [2.05, 4.69) is 9.47 Å². The van der Waals surface area contributed by atoms with Crippen LogP contribution in [0.2, 0.25) is 0 Å². The number of hydrogen-bond acceptors (Lipinski definition) is 7. The Morgan fingerprint density at radius 3 is 2.09 bits per heavy atom. The molecule has 1 saturated heterocycles. The molecule has 0 aromatic heterocycles. The second-order valence-corrected chi connectivity index (χ2v) is 8.81. The number of rotatable bonds is 9. The standard InChI is InChI=1S/C18H22F6N2O6S/c1-2-30-16(27)10-25-5-7-26(8-6-25)33(28,29)15-9-13(31-11-17(19,20)21)3-4-14(15)32-12-18(22,23)24/h3-4,9H,2,5-8,10-12H2,1H3. The van der Waals surface area contributed by atoms with Crippen molar-refractivity contribution in [3.63, 3.8) is 0 Å². The van der Waals surface area contributed by atoms with Gasteiger partial charge in [0, 0.05) is 32.2 Å². The van der Waals surface area contributed by atoms with Crippen LogP contribution >= 0.6 is 0 Å². The topological polar surface area (TPSA) is 85.4 Å². The van der Waals surface area contributed by atoms with Gasteiger partial charge in [0.1, 0.15) is 16.4 Å². The number of halogens is 6. The fourth-order valence-electron chi connectivity index (χ4n) is 2.88. The number of piperazine rings is 1. The van der Waals surface area contributed by atoms with Gasteiger partial charge in [0.05, 0.1) is 13.2 Å². The van der Waals surface area contributed by atoms with Crippen LogP contribution in [0, 0.1) is 0 Å². The number of esters is 1. The molecular weight excluding hydrogens is 486 g/mol. The minimum Gasteiger partial charge on any atom is -0.484 e. The van der Waals surface area contributed by atoms with Gasteiger partial charge in [-0.25, -0.2) is 8.42 Å². The number of benzene rings is 1. The Bertz CT molecular complexity index is 914. The van der Waals surface area contributed by atoms with Crippen molar-refractivity contribution >= 4 is 16.0 Å². The lowest BCUT2D eigenvalue weighted by atomic mass is 10.3. The van der Waals surface area contributed by atoms with E-state index in [1.165, 1.54) is 0 Å². The molecule has 33 heavy (non-hydrogen) atoms. The third-order valence-corrected chi connectivity index (χ3v) is 6.24. The molecule has 1 fully saturated rings. The van der Waals surface area contributed by atoms with E-state index in [0.29, 0.717) is 6.07 Å². The predicted octanol–water partition coefficient (Wildman–Crippen LogP) is 2.44. The zero-order valence-corrected chi connectivity index (χ0v) is 18.2. The van der Waals surface area contributed by atoms with Crippen LogP contribution in [0.5, 0.6) is 11.5 Å². The van der Waals surface area contributed by atoms with Gasteiger partial charge < -0.3 is 14.2 Å². The molecule has 2 rings (SSSR count). The molecule has 1 aromatic rings. The Balaban J connectivity index is 2.23. The van der Waals surface area contributed by atoms with E-state index in [0.717, 1.165) is 16.4 Å². The van der Waals surface area contributed by atoms with Crippen LogP contribution in [0.4, 0.5) is 26.3 Å². The smallest absolute Gasteiger partial charge is 0.422 e. The minimum absolute atomic E-state index is 0.0670. The van der Waals surface area contributed by atoms with Crippen molar-refractivity contribution in [2.24, 2.45) is 0 Å². The zero-order chi connectivity index (χ0) is 24.9. The van der Waals surface area contributed by atoms with Crippen LogP contribution in [0.1, 0.15) is 6.92 Å². The molecule has 0 unspecified atom stereocenters. The van der Waals surface area contributed by atoms with E-state index in [4.69, 9.17) is 4.74 Å². The fraction of sp³-hybridized carbons (Fsp3) is 0.611. The summed E-state index contributed by atoms with van der Waals surface area (Å²) < 4.78 is 116. The zero-order valence-electron chi connectivity index (χ0n) is 17.4. The fourth-order valence-corrected chi connectivity index (χ4v) is 4.45. The highest BCUT2D eigenvalue weighted by atomic mass is 32.2. The quantitative estimate of drug-likeness (QED) is 0.374. The molecule has 0 aliphatic carbocycles. The number of carbonyl (C=O) groups is 1. The average molecular weight is 508 g/mol. The largest absolute Gasteiger partial charge is 0.484 e. The molecule has 0 spiro atoms.